The molecule has 0 atom stereocenters. The van der Waals surface area contributed by atoms with Crippen molar-refractivity contribution in [2.45, 2.75) is 45.1 Å². The fraction of sp³-hybridized carbons (Fsp3) is 0.800. The van der Waals surface area contributed by atoms with Gasteiger partial charge in [0.2, 0.25) is 0 Å². The molecule has 0 saturated heterocycles. The average Bonchev–Trinajstić information content (AvgIpc) is 2.60. The summed E-state index contributed by atoms with van der Waals surface area (Å²) in [5, 5.41) is 16.9. The van der Waals surface area contributed by atoms with Gasteiger partial charge in [-0.1, -0.05) is 6.92 Å². The molecular weight excluding hydrogens is 242 g/mol. The third kappa shape index (κ3) is 2.50. The Hall–Kier alpha value is -0.950. The molecule has 6 nitrogen and oxygen atoms in total. The smallest absolute Gasteiger partial charge is 0.159 e. The third-order valence-electron chi connectivity index (χ3n) is 2.88. The van der Waals surface area contributed by atoms with Crippen LogP contribution in [0.4, 0.5) is 0 Å². The number of rotatable bonds is 5. The second kappa shape index (κ2) is 4.73. The quantitative estimate of drug-likeness (QED) is 0.832. The molecule has 0 aliphatic heterocycles. The van der Waals surface area contributed by atoms with E-state index in [2.05, 4.69) is 10.2 Å². The number of hydrogen-bond acceptors (Lipinski definition) is 5. The first kappa shape index (κ1) is 14.1. The summed E-state index contributed by atoms with van der Waals surface area (Å²) in [4.78, 5) is 0. The van der Waals surface area contributed by atoms with Crippen molar-refractivity contribution >= 4 is 9.84 Å². The zero-order chi connectivity index (χ0) is 13.3. The summed E-state index contributed by atoms with van der Waals surface area (Å²) in [5.74, 6) is 0.782. The van der Waals surface area contributed by atoms with Crippen molar-refractivity contribution in [3.63, 3.8) is 0 Å². The second-order valence-electron chi connectivity index (χ2n) is 4.53. The van der Waals surface area contributed by atoms with Crippen LogP contribution in [0.2, 0.25) is 0 Å². The number of nitrogens with zero attached hydrogens (tertiary/aromatic N) is 3. The fourth-order valence-corrected chi connectivity index (χ4v) is 2.00. The van der Waals surface area contributed by atoms with E-state index in [-0.39, 0.29) is 6.61 Å². The van der Waals surface area contributed by atoms with Gasteiger partial charge in [0.25, 0.3) is 0 Å². The summed E-state index contributed by atoms with van der Waals surface area (Å²) >= 11 is 0. The van der Waals surface area contributed by atoms with Crippen molar-refractivity contribution in [3.05, 3.63) is 11.6 Å². The number of aliphatic hydroxyl groups is 1. The molecule has 1 rings (SSSR count). The van der Waals surface area contributed by atoms with Crippen molar-refractivity contribution in [1.82, 2.24) is 14.8 Å². The molecule has 0 unspecified atom stereocenters. The Kier molecular flexibility index (Phi) is 3.93. The molecule has 17 heavy (non-hydrogen) atoms. The molecule has 1 heterocycles. The van der Waals surface area contributed by atoms with E-state index >= 15 is 0 Å². The summed E-state index contributed by atoms with van der Waals surface area (Å²) in [5.41, 5.74) is 0. The van der Waals surface area contributed by atoms with Gasteiger partial charge in [0.05, 0.1) is 0 Å². The van der Waals surface area contributed by atoms with Crippen LogP contribution < -0.4 is 0 Å². The largest absolute Gasteiger partial charge is 0.388 e. The molecule has 0 aromatic carbocycles. The van der Waals surface area contributed by atoms with Crippen molar-refractivity contribution in [2.75, 3.05) is 6.26 Å². The Morgan fingerprint density at radius 3 is 2.35 bits per heavy atom. The van der Waals surface area contributed by atoms with Crippen LogP contribution in [0.25, 0.3) is 0 Å². The number of aromatic nitrogens is 3. The zero-order valence-electron chi connectivity index (χ0n) is 10.6. The van der Waals surface area contributed by atoms with Crippen LogP contribution in [-0.2, 0) is 27.7 Å². The monoisotopic (exact) mass is 261 g/mol. The molecule has 0 amide bonds. The van der Waals surface area contributed by atoms with Crippen molar-refractivity contribution in [2.24, 2.45) is 0 Å². The first-order chi connectivity index (χ1) is 7.75. The Balaban J connectivity index is 3.36. The molecule has 0 fully saturated rings. The predicted molar refractivity (Wildman–Crippen MR) is 64.1 cm³/mol. The third-order valence-corrected chi connectivity index (χ3v) is 4.92. The molecule has 0 saturated carbocycles. The van der Waals surface area contributed by atoms with Crippen LogP contribution in [0.3, 0.4) is 0 Å². The van der Waals surface area contributed by atoms with Gasteiger partial charge in [0.1, 0.15) is 11.4 Å². The Labute approximate surface area is 102 Å². The number of aliphatic hydroxyl groups excluding tert-OH is 1. The number of hydrogen-bond donors (Lipinski definition) is 1. The topological polar surface area (TPSA) is 85.1 Å². The highest BCUT2D eigenvalue weighted by molar-refractivity contribution is 7.91. The molecular formula is C10H19N3O3S. The van der Waals surface area contributed by atoms with Gasteiger partial charge in [-0.25, -0.2) is 8.42 Å². The summed E-state index contributed by atoms with van der Waals surface area (Å²) in [7, 11) is -3.30. The first-order valence-electron chi connectivity index (χ1n) is 5.48. The van der Waals surface area contributed by atoms with E-state index in [1.165, 1.54) is 6.26 Å². The van der Waals surface area contributed by atoms with Crippen molar-refractivity contribution < 1.29 is 13.5 Å². The summed E-state index contributed by atoms with van der Waals surface area (Å²) < 4.78 is 24.1. The van der Waals surface area contributed by atoms with Gasteiger partial charge in [-0.3, -0.25) is 0 Å². The SMILES string of the molecule is CCCn1c(CO)nnc1C(C)(C)S(C)(=O)=O. The minimum atomic E-state index is -3.30. The van der Waals surface area contributed by atoms with Crippen LogP contribution in [0, 0.1) is 0 Å². The lowest BCUT2D eigenvalue weighted by atomic mass is 10.2. The molecule has 98 valence electrons. The maximum atomic E-state index is 11.8. The molecule has 1 N–H and O–H groups in total. The molecule has 1 aromatic heterocycles. The Morgan fingerprint density at radius 1 is 1.35 bits per heavy atom. The molecule has 1 aromatic rings. The van der Waals surface area contributed by atoms with Crippen LogP contribution in [-0.4, -0.2) is 34.5 Å². The van der Waals surface area contributed by atoms with Crippen molar-refractivity contribution in [3.8, 4) is 0 Å². The predicted octanol–water partition coefficient (Wildman–Crippen LogP) is 0.460. The second-order valence-corrected chi connectivity index (χ2v) is 7.10. The van der Waals surface area contributed by atoms with E-state index in [0.29, 0.717) is 18.2 Å². The number of sulfone groups is 1. The van der Waals surface area contributed by atoms with Crippen molar-refractivity contribution in [1.29, 1.82) is 0 Å². The van der Waals surface area contributed by atoms with E-state index in [0.717, 1.165) is 6.42 Å². The first-order valence-corrected chi connectivity index (χ1v) is 7.37. The summed E-state index contributed by atoms with van der Waals surface area (Å²) in [6.45, 7) is 5.52. The van der Waals surface area contributed by atoms with Crippen LogP contribution >= 0.6 is 0 Å². The lowest BCUT2D eigenvalue weighted by molar-refractivity contribution is 0.263. The summed E-state index contributed by atoms with van der Waals surface area (Å²) in [6.07, 6.45) is 1.99. The van der Waals surface area contributed by atoms with E-state index < -0.39 is 14.6 Å². The van der Waals surface area contributed by atoms with Gasteiger partial charge in [0, 0.05) is 12.8 Å². The molecule has 0 aliphatic carbocycles. The van der Waals surface area contributed by atoms with E-state index in [1.54, 1.807) is 18.4 Å². The van der Waals surface area contributed by atoms with Gasteiger partial charge in [0.15, 0.2) is 21.5 Å². The molecule has 0 radical (unpaired) electrons. The van der Waals surface area contributed by atoms with Gasteiger partial charge in [-0.05, 0) is 20.3 Å². The van der Waals surface area contributed by atoms with E-state index in [4.69, 9.17) is 5.11 Å². The van der Waals surface area contributed by atoms with Crippen LogP contribution in [0.5, 0.6) is 0 Å². The van der Waals surface area contributed by atoms with Gasteiger partial charge in [-0.2, -0.15) is 0 Å². The lowest BCUT2D eigenvalue weighted by Gasteiger charge is -2.22. The minimum Gasteiger partial charge on any atom is -0.388 e. The minimum absolute atomic E-state index is 0.243. The maximum Gasteiger partial charge on any atom is 0.159 e. The normalized spacial score (nSPS) is 13.0. The van der Waals surface area contributed by atoms with E-state index in [1.807, 2.05) is 6.92 Å². The molecule has 0 aliphatic rings. The Morgan fingerprint density at radius 2 is 1.94 bits per heavy atom. The lowest BCUT2D eigenvalue weighted by Crippen LogP contribution is -2.32. The van der Waals surface area contributed by atoms with Gasteiger partial charge < -0.3 is 9.67 Å². The van der Waals surface area contributed by atoms with Crippen LogP contribution in [0.15, 0.2) is 0 Å². The standard InChI is InChI=1S/C10H19N3O3S/c1-5-6-13-8(7-14)11-12-9(13)10(2,3)17(4,15)16/h14H,5-7H2,1-4H3. The average molecular weight is 261 g/mol. The van der Waals surface area contributed by atoms with Gasteiger partial charge >= 0.3 is 0 Å². The highest BCUT2D eigenvalue weighted by Gasteiger charge is 2.37. The Bertz CT molecular complexity index is 491. The molecule has 7 heteroatoms. The highest BCUT2D eigenvalue weighted by Crippen LogP contribution is 2.28. The maximum absolute atomic E-state index is 11.8. The van der Waals surface area contributed by atoms with Gasteiger partial charge in [-0.15, -0.1) is 10.2 Å². The van der Waals surface area contributed by atoms with E-state index in [9.17, 15) is 8.42 Å². The van der Waals surface area contributed by atoms with Crippen LogP contribution in [0.1, 0.15) is 38.8 Å². The fourth-order valence-electron chi connectivity index (χ4n) is 1.52. The zero-order valence-corrected chi connectivity index (χ0v) is 11.5. The summed E-state index contributed by atoms with van der Waals surface area (Å²) in [6, 6.07) is 0. The highest BCUT2D eigenvalue weighted by atomic mass is 32.2. The molecule has 0 spiro atoms. The molecule has 0 bridgehead atoms.